The van der Waals surface area contributed by atoms with Crippen molar-refractivity contribution in [3.63, 3.8) is 0 Å². The van der Waals surface area contributed by atoms with Gasteiger partial charge in [-0.05, 0) is 143 Å². The molecule has 0 spiro atoms. The summed E-state index contributed by atoms with van der Waals surface area (Å²) in [5.41, 5.74) is 17.0. The number of hydrogen-bond acceptors (Lipinski definition) is 2. The van der Waals surface area contributed by atoms with Gasteiger partial charge in [-0.25, -0.2) is 0 Å². The highest BCUT2D eigenvalue weighted by atomic mass is 15.2. The van der Waals surface area contributed by atoms with Crippen molar-refractivity contribution in [1.82, 2.24) is 0 Å². The van der Waals surface area contributed by atoms with Crippen LogP contribution >= 0.6 is 0 Å². The van der Waals surface area contributed by atoms with Crippen molar-refractivity contribution in [2.24, 2.45) is 0 Å². The van der Waals surface area contributed by atoms with E-state index in [9.17, 15) is 0 Å². The third-order valence-corrected chi connectivity index (χ3v) is 10.8. The summed E-state index contributed by atoms with van der Waals surface area (Å²) in [6.45, 7) is 0. The SMILES string of the molecule is C1=CCCC(N(c2ccccc2)c2ccc(-c3cccc(-c4cccc(-c5ccc(N(C6=CC=CCC6)c6ccc(-c7ccccc7)cc6)cc5)c4)c3)cc2)=C1. The molecule has 0 saturated heterocycles. The van der Waals surface area contributed by atoms with Crippen molar-refractivity contribution in [2.45, 2.75) is 25.7 Å². The van der Waals surface area contributed by atoms with Crippen LogP contribution in [0.3, 0.4) is 0 Å². The summed E-state index contributed by atoms with van der Waals surface area (Å²) in [5, 5.41) is 0. The molecule has 0 saturated carbocycles. The Hall–Kier alpha value is -6.90. The minimum Gasteiger partial charge on any atom is -0.314 e. The van der Waals surface area contributed by atoms with Crippen LogP contribution in [0.5, 0.6) is 0 Å². The maximum atomic E-state index is 2.40. The zero-order chi connectivity index (χ0) is 37.5. The third kappa shape index (κ3) is 7.56. The van der Waals surface area contributed by atoms with Crippen LogP contribution in [-0.2, 0) is 0 Å². The molecule has 0 fully saturated rings. The van der Waals surface area contributed by atoms with Gasteiger partial charge in [0, 0.05) is 34.1 Å². The molecule has 2 aliphatic rings. The van der Waals surface area contributed by atoms with Gasteiger partial charge in [-0.2, -0.15) is 0 Å². The highest BCUT2D eigenvalue weighted by Crippen LogP contribution is 2.38. The summed E-state index contributed by atoms with van der Waals surface area (Å²) in [6, 6.07) is 66.1. The molecular formula is C54H44N2. The first-order valence-corrected chi connectivity index (χ1v) is 19.7. The monoisotopic (exact) mass is 720 g/mol. The van der Waals surface area contributed by atoms with Crippen molar-refractivity contribution in [2.75, 3.05) is 9.80 Å². The lowest BCUT2D eigenvalue weighted by Crippen LogP contribution is -2.17. The molecule has 9 rings (SSSR count). The van der Waals surface area contributed by atoms with Crippen LogP contribution in [0.15, 0.2) is 230 Å². The van der Waals surface area contributed by atoms with Crippen LogP contribution < -0.4 is 9.80 Å². The first kappa shape index (κ1) is 34.8. The third-order valence-electron chi connectivity index (χ3n) is 10.8. The number of para-hydroxylation sites is 1. The molecule has 2 aliphatic carbocycles. The number of anilines is 4. The lowest BCUT2D eigenvalue weighted by Gasteiger charge is -2.29. The number of rotatable bonds is 10. The Balaban J connectivity index is 0.965. The molecule has 7 aromatic carbocycles. The van der Waals surface area contributed by atoms with Crippen LogP contribution in [0.25, 0.3) is 44.5 Å². The van der Waals surface area contributed by atoms with E-state index in [1.807, 2.05) is 0 Å². The topological polar surface area (TPSA) is 6.48 Å². The van der Waals surface area contributed by atoms with E-state index in [-0.39, 0.29) is 0 Å². The van der Waals surface area contributed by atoms with E-state index in [2.05, 4.69) is 228 Å². The minimum atomic E-state index is 1.01. The molecule has 0 unspecified atom stereocenters. The smallest absolute Gasteiger partial charge is 0.0458 e. The Morgan fingerprint density at radius 1 is 0.286 bits per heavy atom. The average Bonchev–Trinajstić information content (AvgIpc) is 3.29. The van der Waals surface area contributed by atoms with Gasteiger partial charge in [-0.3, -0.25) is 0 Å². The normalized spacial score (nSPS) is 13.5. The Labute approximate surface area is 331 Å². The fourth-order valence-electron chi connectivity index (χ4n) is 7.89. The summed E-state index contributed by atoms with van der Waals surface area (Å²) in [6.07, 6.45) is 17.5. The second-order valence-electron chi connectivity index (χ2n) is 14.4. The van der Waals surface area contributed by atoms with Crippen LogP contribution in [0.4, 0.5) is 22.7 Å². The zero-order valence-electron chi connectivity index (χ0n) is 31.5. The van der Waals surface area contributed by atoms with Gasteiger partial charge in [0.15, 0.2) is 0 Å². The maximum Gasteiger partial charge on any atom is 0.0458 e. The molecule has 2 heteroatoms. The summed E-state index contributed by atoms with van der Waals surface area (Å²) >= 11 is 0. The fraction of sp³-hybridized carbons (Fsp3) is 0.0741. The lowest BCUT2D eigenvalue weighted by atomic mass is 9.96. The van der Waals surface area contributed by atoms with Gasteiger partial charge in [-0.15, -0.1) is 0 Å². The van der Waals surface area contributed by atoms with E-state index < -0.39 is 0 Å². The van der Waals surface area contributed by atoms with Gasteiger partial charge in [-0.1, -0.05) is 146 Å². The van der Waals surface area contributed by atoms with Gasteiger partial charge in [0.2, 0.25) is 0 Å². The summed E-state index contributed by atoms with van der Waals surface area (Å²) in [4.78, 5) is 4.79. The maximum absolute atomic E-state index is 2.40. The van der Waals surface area contributed by atoms with E-state index in [1.54, 1.807) is 0 Å². The number of nitrogens with zero attached hydrogens (tertiary/aromatic N) is 2. The highest BCUT2D eigenvalue weighted by Gasteiger charge is 2.17. The first-order valence-electron chi connectivity index (χ1n) is 19.7. The molecule has 0 aliphatic heterocycles. The predicted octanol–water partition coefficient (Wildman–Crippen LogP) is 15.1. The Kier molecular flexibility index (Phi) is 10.1. The number of benzene rings is 7. The molecule has 0 amide bonds. The van der Waals surface area contributed by atoms with Gasteiger partial charge >= 0.3 is 0 Å². The quantitative estimate of drug-likeness (QED) is 0.139. The summed E-state index contributed by atoms with van der Waals surface area (Å²) in [7, 11) is 0. The average molecular weight is 721 g/mol. The van der Waals surface area contributed by atoms with Crippen LogP contribution in [-0.4, -0.2) is 0 Å². The summed E-state index contributed by atoms with van der Waals surface area (Å²) < 4.78 is 0. The van der Waals surface area contributed by atoms with Gasteiger partial charge in [0.25, 0.3) is 0 Å². The highest BCUT2D eigenvalue weighted by molar-refractivity contribution is 5.80. The van der Waals surface area contributed by atoms with Crippen molar-refractivity contribution in [1.29, 1.82) is 0 Å². The van der Waals surface area contributed by atoms with E-state index in [0.29, 0.717) is 0 Å². The number of hydrogen-bond donors (Lipinski definition) is 0. The Morgan fingerprint density at radius 3 is 1.00 bits per heavy atom. The van der Waals surface area contributed by atoms with Crippen molar-refractivity contribution in [3.05, 3.63) is 230 Å². The van der Waals surface area contributed by atoms with E-state index in [4.69, 9.17) is 0 Å². The second-order valence-corrected chi connectivity index (χ2v) is 14.4. The Bertz CT molecular complexity index is 2540. The molecule has 56 heavy (non-hydrogen) atoms. The molecule has 7 aromatic rings. The van der Waals surface area contributed by atoms with Gasteiger partial charge in [0.1, 0.15) is 0 Å². The van der Waals surface area contributed by atoms with Crippen molar-refractivity contribution in [3.8, 4) is 44.5 Å². The molecule has 0 aromatic heterocycles. The van der Waals surface area contributed by atoms with Gasteiger partial charge < -0.3 is 9.80 Å². The molecule has 0 bridgehead atoms. The molecule has 0 radical (unpaired) electrons. The summed E-state index contributed by atoms with van der Waals surface area (Å²) in [5.74, 6) is 0. The first-order chi connectivity index (χ1) is 27.8. The van der Waals surface area contributed by atoms with Crippen LogP contribution in [0.1, 0.15) is 25.7 Å². The second kappa shape index (κ2) is 16.2. The largest absolute Gasteiger partial charge is 0.314 e. The van der Waals surface area contributed by atoms with Crippen LogP contribution in [0.2, 0.25) is 0 Å². The number of allylic oxidation sites excluding steroid dienone is 8. The van der Waals surface area contributed by atoms with Crippen molar-refractivity contribution < 1.29 is 0 Å². The Morgan fingerprint density at radius 2 is 0.607 bits per heavy atom. The van der Waals surface area contributed by atoms with Crippen LogP contribution in [0, 0.1) is 0 Å². The van der Waals surface area contributed by atoms with E-state index in [0.717, 1.165) is 31.4 Å². The lowest BCUT2D eigenvalue weighted by molar-refractivity contribution is 0.917. The minimum absolute atomic E-state index is 1.01. The predicted molar refractivity (Wildman–Crippen MR) is 238 cm³/mol. The zero-order valence-corrected chi connectivity index (χ0v) is 31.5. The van der Waals surface area contributed by atoms with E-state index in [1.165, 1.54) is 73.0 Å². The molecule has 0 N–H and O–H groups in total. The molecular weight excluding hydrogens is 677 g/mol. The molecule has 270 valence electrons. The molecule has 2 nitrogen and oxygen atoms in total. The van der Waals surface area contributed by atoms with E-state index >= 15 is 0 Å². The molecule has 0 heterocycles. The molecule has 0 atom stereocenters. The van der Waals surface area contributed by atoms with Gasteiger partial charge in [0.05, 0.1) is 0 Å². The van der Waals surface area contributed by atoms with Crippen molar-refractivity contribution >= 4 is 22.7 Å². The standard InChI is InChI=1S/C54H44N2/c1-5-15-41(16-6-1)42-27-33-53(34-28-42)56(51-25-11-4-12-26-51)54-37-31-44(32-38-54)46-18-14-20-48(40-46)47-19-13-17-45(39-47)43-29-35-52(36-30-43)55(49-21-7-2-8-22-49)50-23-9-3-10-24-50/h1-9,11,13-23,25,27-40H,10,12,24,26H2. The fourth-order valence-corrected chi connectivity index (χ4v) is 7.89.